The Kier molecular flexibility index (Phi) is 6.90. The third-order valence-corrected chi connectivity index (χ3v) is 8.30. The summed E-state index contributed by atoms with van der Waals surface area (Å²) in [6, 6.07) is 19.2. The number of amides is 1. The fourth-order valence-corrected chi connectivity index (χ4v) is 7.10. The zero-order valence-corrected chi connectivity index (χ0v) is 22.6. The van der Waals surface area contributed by atoms with E-state index >= 15 is 0 Å². The lowest BCUT2D eigenvalue weighted by Crippen LogP contribution is -2.76. The van der Waals surface area contributed by atoms with Gasteiger partial charge in [0.05, 0.1) is 0 Å². The van der Waals surface area contributed by atoms with E-state index in [1.165, 1.54) is 5.56 Å². The number of rotatable bonds is 8. The van der Waals surface area contributed by atoms with Crippen LogP contribution in [0.25, 0.3) is 0 Å². The topological polar surface area (TPSA) is 53.6 Å². The molecule has 1 aliphatic carbocycles. The first-order chi connectivity index (χ1) is 17.2. The van der Waals surface area contributed by atoms with Gasteiger partial charge in [-0.2, -0.15) is 0 Å². The Hall–Kier alpha value is -2.37. The molecule has 3 heterocycles. The molecule has 0 radical (unpaired) electrons. The van der Waals surface area contributed by atoms with Crippen LogP contribution in [0.3, 0.4) is 0 Å². The fourth-order valence-electron chi connectivity index (χ4n) is 7.10. The van der Waals surface area contributed by atoms with E-state index in [1.807, 2.05) is 32.9 Å². The molecular formula is C31H43N3O2. The summed E-state index contributed by atoms with van der Waals surface area (Å²) >= 11 is 0. The second kappa shape index (κ2) is 9.83. The van der Waals surface area contributed by atoms with Gasteiger partial charge in [0.15, 0.2) is 0 Å². The molecule has 36 heavy (non-hydrogen) atoms. The van der Waals surface area contributed by atoms with Crippen LogP contribution in [-0.2, 0) is 17.8 Å². The molecule has 4 aliphatic rings. The summed E-state index contributed by atoms with van der Waals surface area (Å²) in [5.74, 6) is 3.10. The summed E-state index contributed by atoms with van der Waals surface area (Å²) in [6.07, 6.45) is 2.19. The van der Waals surface area contributed by atoms with Crippen LogP contribution in [0.2, 0.25) is 0 Å². The van der Waals surface area contributed by atoms with Gasteiger partial charge in [-0.25, -0.2) is 0 Å². The molecule has 3 aliphatic heterocycles. The molecule has 0 spiro atoms. The number of nitrogens with zero attached hydrogens (tertiary/aromatic N) is 1. The molecule has 1 saturated carbocycles. The minimum atomic E-state index is -0.502. The highest BCUT2D eigenvalue weighted by Crippen LogP contribution is 2.53. The Morgan fingerprint density at radius 3 is 2.50 bits per heavy atom. The average Bonchev–Trinajstić information content (AvgIpc) is 3.08. The maximum Gasteiger partial charge on any atom is 0.242 e. The van der Waals surface area contributed by atoms with Gasteiger partial charge in [-0.05, 0) is 81.2 Å². The number of benzene rings is 2. The smallest absolute Gasteiger partial charge is 0.242 e. The summed E-state index contributed by atoms with van der Waals surface area (Å²) in [4.78, 5) is 16.7. The van der Waals surface area contributed by atoms with Crippen LogP contribution in [0.1, 0.15) is 52.2 Å². The van der Waals surface area contributed by atoms with Gasteiger partial charge in [0.1, 0.15) is 16.9 Å². The van der Waals surface area contributed by atoms with Crippen LogP contribution in [0.15, 0.2) is 54.6 Å². The number of carbonyl (C=O) groups is 1. The van der Waals surface area contributed by atoms with E-state index in [9.17, 15) is 4.79 Å². The van der Waals surface area contributed by atoms with Crippen LogP contribution in [0.4, 0.5) is 0 Å². The number of hydrogen-bond acceptors (Lipinski definition) is 4. The molecular weight excluding hydrogens is 446 g/mol. The number of carbonyl (C=O) groups excluding carboxylic acids is 1. The summed E-state index contributed by atoms with van der Waals surface area (Å²) in [7, 11) is 0. The van der Waals surface area contributed by atoms with Crippen molar-refractivity contribution in [2.24, 2.45) is 23.7 Å². The van der Waals surface area contributed by atoms with Gasteiger partial charge in [0.25, 0.3) is 0 Å². The normalized spacial score (nSPS) is 29.5. The molecule has 0 unspecified atom stereocenters. The molecule has 4 bridgehead atoms. The fraction of sp³-hybridized carbons (Fsp3) is 0.581. The molecule has 5 heteroatoms. The predicted molar refractivity (Wildman–Crippen MR) is 145 cm³/mol. The molecule has 2 aromatic rings. The van der Waals surface area contributed by atoms with Crippen molar-refractivity contribution in [3.8, 4) is 5.75 Å². The van der Waals surface area contributed by atoms with Crippen molar-refractivity contribution in [2.75, 3.05) is 19.6 Å². The Balaban J connectivity index is 1.35. The lowest BCUT2D eigenvalue weighted by Gasteiger charge is -2.56. The summed E-state index contributed by atoms with van der Waals surface area (Å²) in [5, 5.41) is 7.15. The van der Waals surface area contributed by atoms with Gasteiger partial charge in [-0.15, -0.1) is 0 Å². The first-order valence-corrected chi connectivity index (χ1v) is 13.7. The van der Waals surface area contributed by atoms with Crippen LogP contribution >= 0.6 is 0 Å². The quantitative estimate of drug-likeness (QED) is 0.566. The lowest BCUT2D eigenvalue weighted by atomic mass is 9.58. The van der Waals surface area contributed by atoms with Crippen molar-refractivity contribution in [3.63, 3.8) is 0 Å². The van der Waals surface area contributed by atoms with Crippen molar-refractivity contribution in [2.45, 2.75) is 71.2 Å². The number of ether oxygens (including phenoxy) is 1. The predicted octanol–water partition coefficient (Wildman–Crippen LogP) is 4.66. The average molecular weight is 490 g/mol. The van der Waals surface area contributed by atoms with Gasteiger partial charge < -0.3 is 15.4 Å². The highest BCUT2D eigenvalue weighted by atomic mass is 16.5. The minimum absolute atomic E-state index is 0.176. The highest BCUT2D eigenvalue weighted by molar-refractivity contribution is 5.89. The molecule has 5 nitrogen and oxygen atoms in total. The zero-order chi connectivity index (χ0) is 25.5. The van der Waals surface area contributed by atoms with E-state index in [0.717, 1.165) is 43.8 Å². The van der Waals surface area contributed by atoms with Gasteiger partial charge >= 0.3 is 0 Å². The second-order valence-electron chi connectivity index (χ2n) is 12.6. The van der Waals surface area contributed by atoms with Crippen molar-refractivity contribution in [3.05, 3.63) is 65.7 Å². The van der Waals surface area contributed by atoms with Crippen molar-refractivity contribution in [1.29, 1.82) is 0 Å². The number of nitrogens with one attached hydrogen (secondary N) is 2. The molecule has 4 fully saturated rings. The molecule has 6 rings (SSSR count). The zero-order valence-electron chi connectivity index (χ0n) is 22.6. The number of hydrogen-bond donors (Lipinski definition) is 2. The summed E-state index contributed by atoms with van der Waals surface area (Å²) < 4.78 is 5.95. The monoisotopic (exact) mass is 489 g/mol. The second-order valence-corrected chi connectivity index (χ2v) is 12.6. The highest BCUT2D eigenvalue weighted by Gasteiger charge is 2.67. The van der Waals surface area contributed by atoms with Gasteiger partial charge in [0, 0.05) is 31.6 Å². The van der Waals surface area contributed by atoms with Crippen molar-refractivity contribution < 1.29 is 9.53 Å². The number of likely N-dealkylation sites (tertiary alicyclic amines) is 1. The first-order valence-electron chi connectivity index (χ1n) is 13.7. The van der Waals surface area contributed by atoms with E-state index < -0.39 is 5.54 Å². The molecule has 2 aromatic carbocycles. The summed E-state index contributed by atoms with van der Waals surface area (Å²) in [6.45, 7) is 14.3. The van der Waals surface area contributed by atoms with Crippen molar-refractivity contribution >= 4 is 5.91 Å². The maximum absolute atomic E-state index is 14.1. The van der Waals surface area contributed by atoms with Crippen LogP contribution in [-0.4, -0.2) is 47.6 Å². The molecule has 5 atom stereocenters. The van der Waals surface area contributed by atoms with Gasteiger partial charge in [-0.1, -0.05) is 56.3 Å². The SMILES string of the molecule is CC(C)CN1C[C@@H]2C[C@H]3CN[C@]2(C(=O)NCc2ccc(OC(C)(C)C)cc2)[C@@H]1[C@@H]3Cc1ccccc1. The number of fused-ring (bicyclic) bond motifs is 1. The van der Waals surface area contributed by atoms with E-state index in [-0.39, 0.29) is 17.6 Å². The van der Waals surface area contributed by atoms with Crippen molar-refractivity contribution in [1.82, 2.24) is 15.5 Å². The van der Waals surface area contributed by atoms with Gasteiger partial charge in [-0.3, -0.25) is 9.69 Å². The van der Waals surface area contributed by atoms with Crippen LogP contribution < -0.4 is 15.4 Å². The molecule has 3 saturated heterocycles. The van der Waals surface area contributed by atoms with Gasteiger partial charge in [0.2, 0.25) is 5.91 Å². The largest absolute Gasteiger partial charge is 0.488 e. The van der Waals surface area contributed by atoms with E-state index in [2.05, 4.69) is 71.8 Å². The van der Waals surface area contributed by atoms with E-state index in [0.29, 0.717) is 30.2 Å². The Bertz CT molecular complexity index is 1050. The molecule has 0 aromatic heterocycles. The van der Waals surface area contributed by atoms with Crippen LogP contribution in [0, 0.1) is 23.7 Å². The standard InChI is InChI=1S/C31H43N3O2/c1-21(2)19-34-20-25-16-24-18-33-31(25,28(34)27(24)15-22-9-7-6-8-10-22)29(35)32-17-23-11-13-26(14-12-23)36-30(3,4)5/h6-14,21,24-25,27-28,33H,15-20H2,1-5H3,(H,32,35)/t24-,25-,27+,28-,31-/m0/s1. The lowest BCUT2D eigenvalue weighted by molar-refractivity contribution is -0.138. The Morgan fingerprint density at radius 2 is 1.83 bits per heavy atom. The Labute approximate surface area is 217 Å². The molecule has 2 N–H and O–H groups in total. The minimum Gasteiger partial charge on any atom is -0.488 e. The van der Waals surface area contributed by atoms with E-state index in [4.69, 9.17) is 4.74 Å². The molecule has 194 valence electrons. The third-order valence-electron chi connectivity index (χ3n) is 8.30. The summed E-state index contributed by atoms with van der Waals surface area (Å²) in [5.41, 5.74) is 1.75. The third kappa shape index (κ3) is 4.92. The molecule has 1 amide bonds. The Morgan fingerprint density at radius 1 is 1.11 bits per heavy atom. The number of piperidine rings is 2. The maximum atomic E-state index is 14.1. The first kappa shape index (κ1) is 25.3. The van der Waals surface area contributed by atoms with E-state index in [1.54, 1.807) is 0 Å². The van der Waals surface area contributed by atoms with Crippen LogP contribution in [0.5, 0.6) is 5.75 Å².